The van der Waals surface area contributed by atoms with Crippen LogP contribution in [0.5, 0.6) is 5.75 Å². The van der Waals surface area contributed by atoms with Crippen LogP contribution in [0.25, 0.3) is 17.1 Å². The highest BCUT2D eigenvalue weighted by atomic mass is 16.5. The summed E-state index contributed by atoms with van der Waals surface area (Å²) in [5.74, 6) is 0.748. The molecule has 5 rings (SSSR count). The molecule has 0 aliphatic carbocycles. The minimum Gasteiger partial charge on any atom is -0.497 e. The van der Waals surface area contributed by atoms with Crippen molar-refractivity contribution in [3.8, 4) is 22.8 Å². The molecule has 2 aromatic carbocycles. The number of aromatic nitrogens is 3. The number of hydrogen-bond acceptors (Lipinski definition) is 3. The molecule has 6 heteroatoms. The van der Waals surface area contributed by atoms with Crippen molar-refractivity contribution in [2.45, 2.75) is 13.0 Å². The number of rotatable bonds is 4. The normalized spacial score (nSPS) is 13.2. The van der Waals surface area contributed by atoms with E-state index in [2.05, 4.69) is 18.2 Å². The van der Waals surface area contributed by atoms with Gasteiger partial charge in [-0.1, -0.05) is 24.3 Å². The van der Waals surface area contributed by atoms with E-state index in [0.29, 0.717) is 18.8 Å². The maximum absolute atomic E-state index is 13.6. The fourth-order valence-corrected chi connectivity index (χ4v) is 4.14. The number of hydrogen-bond donors (Lipinski definition) is 0. The molecular weight excluding hydrogens is 388 g/mol. The van der Waals surface area contributed by atoms with Crippen LogP contribution in [0.2, 0.25) is 0 Å². The number of carbonyl (C=O) groups excluding carboxylic acids is 1. The van der Waals surface area contributed by atoms with E-state index in [9.17, 15) is 4.79 Å². The van der Waals surface area contributed by atoms with Gasteiger partial charge in [0.25, 0.3) is 5.91 Å². The lowest BCUT2D eigenvalue weighted by Crippen LogP contribution is -2.37. The first kappa shape index (κ1) is 19.2. The number of fused-ring (bicyclic) bond motifs is 1. The molecule has 0 unspecified atom stereocenters. The van der Waals surface area contributed by atoms with Crippen LogP contribution in [0.3, 0.4) is 0 Å². The Morgan fingerprint density at radius 1 is 1.00 bits per heavy atom. The Bertz CT molecular complexity index is 1240. The summed E-state index contributed by atoms with van der Waals surface area (Å²) in [5.41, 5.74) is 5.64. The monoisotopic (exact) mass is 412 g/mol. The van der Waals surface area contributed by atoms with Crippen LogP contribution in [0, 0.1) is 0 Å². The molecule has 0 N–H and O–H groups in total. The average Bonchev–Trinajstić information content (AvgIpc) is 3.44. The number of carbonyl (C=O) groups is 1. The zero-order valence-electron chi connectivity index (χ0n) is 17.7. The van der Waals surface area contributed by atoms with Crippen LogP contribution in [0.15, 0.2) is 72.9 Å². The van der Waals surface area contributed by atoms with Gasteiger partial charge in [-0.2, -0.15) is 5.10 Å². The van der Waals surface area contributed by atoms with Crippen LogP contribution < -0.4 is 4.74 Å². The molecule has 0 atom stereocenters. The zero-order chi connectivity index (χ0) is 21.4. The molecule has 3 heterocycles. The van der Waals surface area contributed by atoms with E-state index >= 15 is 0 Å². The van der Waals surface area contributed by atoms with Gasteiger partial charge in [0.2, 0.25) is 0 Å². The van der Waals surface area contributed by atoms with Crippen molar-refractivity contribution in [2.24, 2.45) is 7.05 Å². The molecule has 2 aromatic heterocycles. The standard InChI is InChI=1S/C25H24N4O2/c1-27-14-5-8-23(27)22-16-24(29(26-22)20-9-11-21(31-2)12-10-20)25(30)28-15-13-18-6-3-4-7-19(18)17-28/h3-12,14,16H,13,15,17H2,1-2H3. The van der Waals surface area contributed by atoms with Gasteiger partial charge in [0, 0.05) is 26.3 Å². The minimum absolute atomic E-state index is 0.0155. The van der Waals surface area contributed by atoms with Gasteiger partial charge < -0.3 is 14.2 Å². The molecule has 4 aromatic rings. The Balaban J connectivity index is 1.55. The lowest BCUT2D eigenvalue weighted by Gasteiger charge is -2.29. The van der Waals surface area contributed by atoms with E-state index in [1.54, 1.807) is 11.8 Å². The van der Waals surface area contributed by atoms with Gasteiger partial charge in [-0.05, 0) is 60.0 Å². The van der Waals surface area contributed by atoms with Crippen molar-refractivity contribution in [2.75, 3.05) is 13.7 Å². The average molecular weight is 412 g/mol. The number of amides is 1. The molecule has 0 saturated heterocycles. The highest BCUT2D eigenvalue weighted by Gasteiger charge is 2.26. The Labute approximate surface area is 181 Å². The first-order valence-electron chi connectivity index (χ1n) is 10.4. The topological polar surface area (TPSA) is 52.3 Å². The summed E-state index contributed by atoms with van der Waals surface area (Å²) in [4.78, 5) is 15.5. The minimum atomic E-state index is -0.0155. The van der Waals surface area contributed by atoms with E-state index in [1.807, 2.05) is 71.2 Å². The summed E-state index contributed by atoms with van der Waals surface area (Å²) >= 11 is 0. The molecular formula is C25H24N4O2. The van der Waals surface area contributed by atoms with Crippen LogP contribution in [0.4, 0.5) is 0 Å². The molecule has 1 aliphatic rings. The van der Waals surface area contributed by atoms with Gasteiger partial charge >= 0.3 is 0 Å². The second-order valence-corrected chi connectivity index (χ2v) is 7.77. The second-order valence-electron chi connectivity index (χ2n) is 7.77. The smallest absolute Gasteiger partial charge is 0.272 e. The molecule has 1 aliphatic heterocycles. The van der Waals surface area contributed by atoms with Crippen LogP contribution in [-0.2, 0) is 20.0 Å². The summed E-state index contributed by atoms with van der Waals surface area (Å²) in [7, 11) is 3.62. The predicted molar refractivity (Wildman–Crippen MR) is 119 cm³/mol. The molecule has 0 bridgehead atoms. The van der Waals surface area contributed by atoms with Crippen molar-refractivity contribution in [3.63, 3.8) is 0 Å². The first-order valence-corrected chi connectivity index (χ1v) is 10.4. The Morgan fingerprint density at radius 2 is 1.77 bits per heavy atom. The molecule has 1 amide bonds. The van der Waals surface area contributed by atoms with Crippen LogP contribution in [-0.4, -0.2) is 38.8 Å². The number of methoxy groups -OCH3 is 1. The fraction of sp³-hybridized carbons (Fsp3) is 0.200. The summed E-state index contributed by atoms with van der Waals surface area (Å²) < 4.78 is 9.03. The summed E-state index contributed by atoms with van der Waals surface area (Å²) in [6, 6.07) is 21.8. The van der Waals surface area contributed by atoms with E-state index in [-0.39, 0.29) is 5.91 Å². The molecule has 156 valence electrons. The van der Waals surface area contributed by atoms with E-state index < -0.39 is 0 Å². The fourth-order valence-electron chi connectivity index (χ4n) is 4.14. The highest BCUT2D eigenvalue weighted by molar-refractivity contribution is 5.94. The third kappa shape index (κ3) is 3.50. The molecule has 0 spiro atoms. The highest BCUT2D eigenvalue weighted by Crippen LogP contribution is 2.26. The van der Waals surface area contributed by atoms with Gasteiger partial charge in [0.15, 0.2) is 0 Å². The maximum atomic E-state index is 13.6. The Hall–Kier alpha value is -3.80. The quantitative estimate of drug-likeness (QED) is 0.507. The molecule has 0 saturated carbocycles. The van der Waals surface area contributed by atoms with Crippen molar-refractivity contribution in [1.82, 2.24) is 19.2 Å². The summed E-state index contributed by atoms with van der Waals surface area (Å²) in [6.07, 6.45) is 2.84. The van der Waals surface area contributed by atoms with Crippen LogP contribution >= 0.6 is 0 Å². The first-order chi connectivity index (χ1) is 15.1. The Kier molecular flexibility index (Phi) is 4.82. The summed E-state index contributed by atoms with van der Waals surface area (Å²) in [5, 5.41) is 4.81. The predicted octanol–water partition coefficient (Wildman–Crippen LogP) is 4.08. The molecule has 0 radical (unpaired) electrons. The lowest BCUT2D eigenvalue weighted by atomic mass is 10.00. The van der Waals surface area contributed by atoms with Crippen molar-refractivity contribution in [3.05, 3.63) is 89.7 Å². The lowest BCUT2D eigenvalue weighted by molar-refractivity contribution is 0.0725. The second kappa shape index (κ2) is 7.80. The van der Waals surface area contributed by atoms with Crippen molar-refractivity contribution < 1.29 is 9.53 Å². The third-order valence-corrected chi connectivity index (χ3v) is 5.87. The van der Waals surface area contributed by atoms with Gasteiger partial charge in [0.05, 0.1) is 18.5 Å². The summed E-state index contributed by atoms with van der Waals surface area (Å²) in [6.45, 7) is 1.31. The van der Waals surface area contributed by atoms with Gasteiger partial charge in [0.1, 0.15) is 17.1 Å². The Morgan fingerprint density at radius 3 is 2.48 bits per heavy atom. The number of benzene rings is 2. The van der Waals surface area contributed by atoms with Gasteiger partial charge in [-0.3, -0.25) is 4.79 Å². The maximum Gasteiger partial charge on any atom is 0.272 e. The zero-order valence-corrected chi connectivity index (χ0v) is 17.7. The molecule has 6 nitrogen and oxygen atoms in total. The van der Waals surface area contributed by atoms with E-state index in [4.69, 9.17) is 9.84 Å². The SMILES string of the molecule is COc1ccc(-n2nc(-c3cccn3C)cc2C(=O)N2CCc3ccccc3C2)cc1. The number of ether oxygens (including phenoxy) is 1. The third-order valence-electron chi connectivity index (χ3n) is 5.87. The van der Waals surface area contributed by atoms with Gasteiger partial charge in [-0.25, -0.2) is 4.68 Å². The largest absolute Gasteiger partial charge is 0.497 e. The van der Waals surface area contributed by atoms with Crippen molar-refractivity contribution >= 4 is 5.91 Å². The van der Waals surface area contributed by atoms with Crippen LogP contribution in [0.1, 0.15) is 21.6 Å². The number of nitrogens with zero attached hydrogens (tertiary/aromatic N) is 4. The number of aryl methyl sites for hydroxylation is 1. The van der Waals surface area contributed by atoms with Crippen molar-refractivity contribution in [1.29, 1.82) is 0 Å². The molecule has 31 heavy (non-hydrogen) atoms. The van der Waals surface area contributed by atoms with E-state index in [0.717, 1.165) is 29.2 Å². The molecule has 0 fully saturated rings. The van der Waals surface area contributed by atoms with E-state index in [1.165, 1.54) is 11.1 Å². The van der Waals surface area contributed by atoms with Gasteiger partial charge in [-0.15, -0.1) is 0 Å².